The van der Waals surface area contributed by atoms with Crippen LogP contribution in [0.5, 0.6) is 0 Å². The summed E-state index contributed by atoms with van der Waals surface area (Å²) in [6, 6.07) is 7.58. The summed E-state index contributed by atoms with van der Waals surface area (Å²) in [6.07, 6.45) is 3.11. The first-order valence-electron chi connectivity index (χ1n) is 7.16. The van der Waals surface area contributed by atoms with Crippen molar-refractivity contribution in [2.75, 3.05) is 5.32 Å². The van der Waals surface area contributed by atoms with Crippen molar-refractivity contribution in [3.63, 3.8) is 0 Å². The van der Waals surface area contributed by atoms with Crippen LogP contribution in [-0.4, -0.2) is 36.4 Å². The van der Waals surface area contributed by atoms with Crippen LogP contribution in [-0.2, 0) is 16.1 Å². The molecule has 3 heterocycles. The number of Topliss-reactive ketones (excluding diaryl/α,β-unsaturated/α-hetero) is 1. The molecular weight excluding hydrogens is 296 g/mol. The molecule has 0 fully saturated rings. The van der Waals surface area contributed by atoms with Crippen molar-refractivity contribution in [2.45, 2.75) is 18.9 Å². The molecule has 8 heteroatoms. The number of carbonyl (C=O) groups excluding carboxylic acids is 2. The Balaban J connectivity index is 1.74. The molecule has 114 valence electrons. The largest absolute Gasteiger partial charge is 0.326 e. The molecule has 1 aliphatic rings. The zero-order valence-electron chi connectivity index (χ0n) is 12.0. The Morgan fingerprint density at radius 2 is 2.13 bits per heavy atom. The first-order valence-corrected chi connectivity index (χ1v) is 7.16. The van der Waals surface area contributed by atoms with Crippen molar-refractivity contribution in [2.24, 2.45) is 0 Å². The van der Waals surface area contributed by atoms with Gasteiger partial charge in [0.15, 0.2) is 11.7 Å². The molecule has 1 aliphatic heterocycles. The van der Waals surface area contributed by atoms with Gasteiger partial charge in [-0.05, 0) is 12.1 Å². The summed E-state index contributed by atoms with van der Waals surface area (Å²) in [4.78, 5) is 33.2. The molecule has 0 saturated carbocycles. The molecule has 1 atom stereocenters. The van der Waals surface area contributed by atoms with Crippen LogP contribution >= 0.6 is 0 Å². The Hall–Kier alpha value is -3.16. The van der Waals surface area contributed by atoms with E-state index >= 15 is 0 Å². The minimum absolute atomic E-state index is 0.0681. The number of benzene rings is 1. The smallest absolute Gasteiger partial charge is 0.249 e. The lowest BCUT2D eigenvalue weighted by molar-refractivity contribution is -0.128. The van der Waals surface area contributed by atoms with E-state index in [1.165, 1.54) is 12.4 Å². The van der Waals surface area contributed by atoms with Gasteiger partial charge in [0, 0.05) is 13.0 Å². The van der Waals surface area contributed by atoms with Crippen LogP contribution < -0.4 is 5.32 Å². The van der Waals surface area contributed by atoms with Crippen LogP contribution in [0.2, 0.25) is 0 Å². The van der Waals surface area contributed by atoms with Crippen LogP contribution in [0.1, 0.15) is 18.2 Å². The number of fused-ring (bicyclic) bond motifs is 3. The second-order valence-electron chi connectivity index (χ2n) is 5.22. The third kappa shape index (κ3) is 2.24. The van der Waals surface area contributed by atoms with Crippen molar-refractivity contribution < 1.29 is 9.59 Å². The highest BCUT2D eigenvalue weighted by molar-refractivity contribution is 6.11. The lowest BCUT2D eigenvalue weighted by Crippen LogP contribution is -2.34. The molecule has 0 saturated heterocycles. The van der Waals surface area contributed by atoms with Gasteiger partial charge in [0.1, 0.15) is 5.82 Å². The Labute approximate surface area is 130 Å². The number of rotatable bonds is 2. The number of nitrogens with one attached hydrogen (secondary N) is 1. The van der Waals surface area contributed by atoms with Crippen molar-refractivity contribution in [1.29, 1.82) is 0 Å². The molecule has 0 spiro atoms. The van der Waals surface area contributed by atoms with Crippen molar-refractivity contribution in [1.82, 2.24) is 24.7 Å². The van der Waals surface area contributed by atoms with E-state index in [0.29, 0.717) is 18.8 Å². The Morgan fingerprint density at radius 3 is 2.96 bits per heavy atom. The molecule has 0 radical (unpaired) electrons. The Bertz CT molecular complexity index is 905. The van der Waals surface area contributed by atoms with Gasteiger partial charge in [-0.1, -0.05) is 12.1 Å². The van der Waals surface area contributed by atoms with Gasteiger partial charge < -0.3 is 4.57 Å². The Morgan fingerprint density at radius 1 is 1.26 bits per heavy atom. The maximum Gasteiger partial charge on any atom is 0.249 e. The van der Waals surface area contributed by atoms with E-state index in [-0.39, 0.29) is 11.7 Å². The molecule has 1 aromatic carbocycles. The van der Waals surface area contributed by atoms with Gasteiger partial charge in [0.05, 0.1) is 23.4 Å². The predicted molar refractivity (Wildman–Crippen MR) is 80.6 cm³/mol. The van der Waals surface area contributed by atoms with Gasteiger partial charge in [0.25, 0.3) is 0 Å². The fourth-order valence-electron chi connectivity index (χ4n) is 2.81. The molecule has 0 bridgehead atoms. The summed E-state index contributed by atoms with van der Waals surface area (Å²) in [5, 5.41) is 9.88. The van der Waals surface area contributed by atoms with Crippen LogP contribution in [0, 0.1) is 0 Å². The minimum atomic E-state index is -0.958. The van der Waals surface area contributed by atoms with Crippen molar-refractivity contribution in [3.8, 4) is 0 Å². The monoisotopic (exact) mass is 308 g/mol. The average molecular weight is 308 g/mol. The molecule has 1 N–H and O–H groups in total. The number of nitrogens with zero attached hydrogens (tertiary/aromatic N) is 5. The Kier molecular flexibility index (Phi) is 3.07. The van der Waals surface area contributed by atoms with Crippen LogP contribution in [0.15, 0.2) is 36.7 Å². The molecular formula is C15H12N6O2. The molecule has 3 aromatic rings. The molecule has 1 amide bonds. The summed E-state index contributed by atoms with van der Waals surface area (Å²) < 4.78 is 1.92. The zero-order valence-corrected chi connectivity index (χ0v) is 12.0. The van der Waals surface area contributed by atoms with E-state index in [1.54, 1.807) is 0 Å². The minimum Gasteiger partial charge on any atom is -0.326 e. The van der Waals surface area contributed by atoms with E-state index in [4.69, 9.17) is 0 Å². The summed E-state index contributed by atoms with van der Waals surface area (Å²) in [5.74, 6) is -1.07. The van der Waals surface area contributed by atoms with Crippen molar-refractivity contribution in [3.05, 3.63) is 42.5 Å². The topological polar surface area (TPSA) is 103 Å². The molecule has 1 unspecified atom stereocenters. The second kappa shape index (κ2) is 5.24. The van der Waals surface area contributed by atoms with Crippen LogP contribution in [0.25, 0.3) is 11.0 Å². The highest BCUT2D eigenvalue weighted by atomic mass is 16.2. The van der Waals surface area contributed by atoms with E-state index in [1.807, 2.05) is 28.8 Å². The number of ketones is 1. The van der Waals surface area contributed by atoms with Gasteiger partial charge in [-0.25, -0.2) is 9.97 Å². The fourth-order valence-corrected chi connectivity index (χ4v) is 2.81. The highest BCUT2D eigenvalue weighted by Gasteiger charge is 2.36. The van der Waals surface area contributed by atoms with E-state index < -0.39 is 11.8 Å². The first-order chi connectivity index (χ1) is 11.2. The second-order valence-corrected chi connectivity index (χ2v) is 5.22. The van der Waals surface area contributed by atoms with E-state index in [0.717, 1.165) is 11.0 Å². The molecule has 4 rings (SSSR count). The number of amides is 1. The highest BCUT2D eigenvalue weighted by Crippen LogP contribution is 2.29. The van der Waals surface area contributed by atoms with Gasteiger partial charge >= 0.3 is 0 Å². The molecule has 8 nitrogen and oxygen atoms in total. The van der Waals surface area contributed by atoms with Crippen molar-refractivity contribution >= 4 is 28.7 Å². The number of aryl methyl sites for hydroxylation is 1. The SMILES string of the molecule is O=C1CCn2c(nc3ccccc32)C1C(=O)Nc1nccnn1. The fraction of sp³-hybridized carbons (Fsp3) is 0.200. The normalized spacial score (nSPS) is 17.0. The first kappa shape index (κ1) is 13.5. The maximum atomic E-state index is 12.5. The quantitative estimate of drug-likeness (QED) is 0.706. The number of imidazole rings is 1. The molecule has 2 aromatic heterocycles. The number of anilines is 1. The van der Waals surface area contributed by atoms with E-state index in [2.05, 4.69) is 25.5 Å². The molecule has 0 aliphatic carbocycles. The van der Waals surface area contributed by atoms with Crippen LogP contribution in [0.3, 0.4) is 0 Å². The van der Waals surface area contributed by atoms with Gasteiger partial charge in [-0.15, -0.1) is 5.10 Å². The molecule has 23 heavy (non-hydrogen) atoms. The van der Waals surface area contributed by atoms with Gasteiger partial charge in [0.2, 0.25) is 11.9 Å². The number of para-hydroxylation sites is 2. The van der Waals surface area contributed by atoms with E-state index in [9.17, 15) is 9.59 Å². The third-order valence-electron chi connectivity index (χ3n) is 3.83. The lowest BCUT2D eigenvalue weighted by atomic mass is 9.96. The lowest BCUT2D eigenvalue weighted by Gasteiger charge is -2.21. The number of carbonyl (C=O) groups is 2. The number of hydrogen-bond acceptors (Lipinski definition) is 6. The van der Waals surface area contributed by atoms with Gasteiger partial charge in [-0.3, -0.25) is 14.9 Å². The summed E-state index contributed by atoms with van der Waals surface area (Å²) in [5.41, 5.74) is 1.69. The number of aromatic nitrogens is 5. The van der Waals surface area contributed by atoms with Crippen LogP contribution in [0.4, 0.5) is 5.95 Å². The van der Waals surface area contributed by atoms with Gasteiger partial charge in [-0.2, -0.15) is 5.10 Å². The summed E-state index contributed by atoms with van der Waals surface area (Å²) in [6.45, 7) is 0.530. The third-order valence-corrected chi connectivity index (χ3v) is 3.83. The predicted octanol–water partition coefficient (Wildman–Crippen LogP) is 0.916. The maximum absolute atomic E-state index is 12.5. The standard InChI is InChI=1S/C15H12N6O2/c22-11-5-8-21-10-4-2-1-3-9(10)18-13(21)12(11)14(23)19-15-16-6-7-17-20-15/h1-4,6-7,12H,5,8H2,(H,16,19,20,23). The summed E-state index contributed by atoms with van der Waals surface area (Å²) in [7, 11) is 0. The number of hydrogen-bond donors (Lipinski definition) is 1. The average Bonchev–Trinajstić information content (AvgIpc) is 2.93. The summed E-state index contributed by atoms with van der Waals surface area (Å²) >= 11 is 0. The zero-order chi connectivity index (χ0) is 15.8.